The van der Waals surface area contributed by atoms with Gasteiger partial charge in [0.2, 0.25) is 5.91 Å². The number of thiazole rings is 1. The fourth-order valence-corrected chi connectivity index (χ4v) is 4.42. The number of nitrogens with one attached hydrogen (secondary N) is 1. The largest absolute Gasteiger partial charge is 0.380 e. The molecule has 6 nitrogen and oxygen atoms in total. The van der Waals surface area contributed by atoms with Crippen LogP contribution in [0, 0.1) is 0 Å². The first-order chi connectivity index (χ1) is 14.0. The molecule has 0 aliphatic heterocycles. The second kappa shape index (κ2) is 9.87. The van der Waals surface area contributed by atoms with E-state index in [4.69, 9.17) is 4.74 Å². The van der Waals surface area contributed by atoms with E-state index in [0.29, 0.717) is 35.8 Å². The first-order valence-electron chi connectivity index (χ1n) is 9.23. The van der Waals surface area contributed by atoms with Gasteiger partial charge in [0.05, 0.1) is 16.8 Å². The molecule has 3 rings (SSSR count). The van der Waals surface area contributed by atoms with Crippen LogP contribution in [0.4, 0.5) is 5.69 Å². The molecular weight excluding hydrogens is 406 g/mol. The molecule has 0 bridgehead atoms. The predicted molar refractivity (Wildman–Crippen MR) is 119 cm³/mol. The second-order valence-corrected chi connectivity index (χ2v) is 8.13. The summed E-state index contributed by atoms with van der Waals surface area (Å²) in [6.07, 6.45) is 1.97. The molecule has 1 N–H and O–H groups in total. The van der Waals surface area contributed by atoms with Crippen LogP contribution in [0.5, 0.6) is 0 Å². The van der Waals surface area contributed by atoms with Crippen LogP contribution >= 0.6 is 23.1 Å². The summed E-state index contributed by atoms with van der Waals surface area (Å²) in [6, 6.07) is 13.1. The van der Waals surface area contributed by atoms with E-state index in [1.807, 2.05) is 54.1 Å². The quantitative estimate of drug-likeness (QED) is 0.452. The number of amides is 2. The zero-order valence-corrected chi connectivity index (χ0v) is 18.2. The minimum Gasteiger partial charge on any atom is -0.380 e. The highest BCUT2D eigenvalue weighted by molar-refractivity contribution is 7.98. The molecule has 29 heavy (non-hydrogen) atoms. The van der Waals surface area contributed by atoms with Crippen molar-refractivity contribution >= 4 is 50.8 Å². The molecule has 0 aliphatic carbocycles. The molecule has 2 aromatic carbocycles. The number of ether oxygens (including phenoxy) is 1. The Morgan fingerprint density at radius 3 is 2.79 bits per heavy atom. The Labute approximate surface area is 177 Å². The zero-order chi connectivity index (χ0) is 20.8. The molecule has 1 aromatic heterocycles. The molecule has 0 aliphatic rings. The van der Waals surface area contributed by atoms with Crippen LogP contribution in [0.3, 0.4) is 0 Å². The maximum atomic E-state index is 12.8. The summed E-state index contributed by atoms with van der Waals surface area (Å²) >= 11 is 3.01. The van der Waals surface area contributed by atoms with Crippen molar-refractivity contribution in [2.45, 2.75) is 25.3 Å². The van der Waals surface area contributed by atoms with E-state index in [2.05, 4.69) is 10.3 Å². The van der Waals surface area contributed by atoms with Gasteiger partial charge in [0.25, 0.3) is 5.91 Å². The molecule has 3 aromatic rings. The van der Waals surface area contributed by atoms with E-state index in [0.717, 1.165) is 15.1 Å². The molecule has 152 valence electrons. The Balaban J connectivity index is 2.05. The molecule has 1 heterocycles. The van der Waals surface area contributed by atoms with Crippen LogP contribution in [-0.2, 0) is 16.1 Å². The van der Waals surface area contributed by atoms with Crippen molar-refractivity contribution < 1.29 is 14.3 Å². The number of fused-ring (bicyclic) bond motifs is 1. The minimum absolute atomic E-state index is 0.126. The fraction of sp³-hybridized carbons (Fsp3) is 0.286. The van der Waals surface area contributed by atoms with Gasteiger partial charge in [-0.1, -0.05) is 17.4 Å². The number of carbonyl (C=O) groups is 2. The van der Waals surface area contributed by atoms with Crippen LogP contribution in [-0.4, -0.2) is 35.9 Å². The summed E-state index contributed by atoms with van der Waals surface area (Å²) in [5.74, 6) is -0.404. The lowest BCUT2D eigenvalue weighted by Crippen LogP contribution is -2.19. The van der Waals surface area contributed by atoms with E-state index < -0.39 is 0 Å². The SMILES string of the molecule is CCOCCn1c(=NC(=O)c2cccc(SC)c2)sc2cc(NC(C)=O)ccc21. The minimum atomic E-state index is -0.278. The third kappa shape index (κ3) is 5.35. The van der Waals surface area contributed by atoms with Gasteiger partial charge in [-0.05, 0) is 49.6 Å². The lowest BCUT2D eigenvalue weighted by Gasteiger charge is -2.06. The van der Waals surface area contributed by atoms with Crippen molar-refractivity contribution in [1.29, 1.82) is 0 Å². The lowest BCUT2D eigenvalue weighted by molar-refractivity contribution is -0.114. The summed E-state index contributed by atoms with van der Waals surface area (Å²) < 4.78 is 8.44. The van der Waals surface area contributed by atoms with E-state index in [1.165, 1.54) is 18.3 Å². The van der Waals surface area contributed by atoms with Crippen LogP contribution < -0.4 is 10.1 Å². The average Bonchev–Trinajstić information content (AvgIpc) is 3.04. The number of nitrogens with zero attached hydrogens (tertiary/aromatic N) is 2. The van der Waals surface area contributed by atoms with Gasteiger partial charge in [0.15, 0.2) is 4.80 Å². The normalized spacial score (nSPS) is 11.8. The fourth-order valence-electron chi connectivity index (χ4n) is 2.86. The molecular formula is C21H23N3O3S2. The van der Waals surface area contributed by atoms with Crippen molar-refractivity contribution in [3.05, 3.63) is 52.8 Å². The van der Waals surface area contributed by atoms with E-state index in [1.54, 1.807) is 17.8 Å². The topological polar surface area (TPSA) is 72.7 Å². The maximum absolute atomic E-state index is 12.8. The first kappa shape index (κ1) is 21.3. The summed E-state index contributed by atoms with van der Waals surface area (Å²) in [5, 5.41) is 2.79. The smallest absolute Gasteiger partial charge is 0.279 e. The Morgan fingerprint density at radius 1 is 1.24 bits per heavy atom. The number of benzene rings is 2. The van der Waals surface area contributed by atoms with Crippen molar-refractivity contribution in [2.24, 2.45) is 4.99 Å². The number of hydrogen-bond acceptors (Lipinski definition) is 5. The third-order valence-electron chi connectivity index (χ3n) is 4.18. The van der Waals surface area contributed by atoms with Crippen molar-refractivity contribution in [2.75, 3.05) is 24.8 Å². The van der Waals surface area contributed by atoms with Gasteiger partial charge in [-0.2, -0.15) is 4.99 Å². The van der Waals surface area contributed by atoms with Gasteiger partial charge in [-0.15, -0.1) is 11.8 Å². The molecule has 0 spiro atoms. The number of carbonyl (C=O) groups excluding carboxylic acids is 2. The van der Waals surface area contributed by atoms with Crippen LogP contribution in [0.1, 0.15) is 24.2 Å². The zero-order valence-electron chi connectivity index (χ0n) is 16.6. The predicted octanol–water partition coefficient (Wildman–Crippen LogP) is 4.16. The van der Waals surface area contributed by atoms with Gasteiger partial charge in [0.1, 0.15) is 0 Å². The van der Waals surface area contributed by atoms with Gasteiger partial charge in [-0.3, -0.25) is 9.59 Å². The van der Waals surface area contributed by atoms with E-state index in [-0.39, 0.29) is 11.8 Å². The van der Waals surface area contributed by atoms with E-state index in [9.17, 15) is 9.59 Å². The van der Waals surface area contributed by atoms with Gasteiger partial charge < -0.3 is 14.6 Å². The van der Waals surface area contributed by atoms with Crippen molar-refractivity contribution in [1.82, 2.24) is 4.57 Å². The number of rotatable bonds is 7. The Hall–Kier alpha value is -2.42. The number of hydrogen-bond donors (Lipinski definition) is 1. The standard InChI is InChI=1S/C21H23N3O3S2/c1-4-27-11-10-24-18-9-8-16(22-14(2)25)13-19(18)29-21(24)23-20(26)15-6-5-7-17(12-15)28-3/h5-9,12-13H,4,10-11H2,1-3H3,(H,22,25). The average molecular weight is 430 g/mol. The van der Waals surface area contributed by atoms with Crippen molar-refractivity contribution in [3.8, 4) is 0 Å². The van der Waals surface area contributed by atoms with Gasteiger partial charge >= 0.3 is 0 Å². The summed E-state index contributed by atoms with van der Waals surface area (Å²) in [4.78, 5) is 30.2. The van der Waals surface area contributed by atoms with Crippen molar-refractivity contribution in [3.63, 3.8) is 0 Å². The second-order valence-electron chi connectivity index (χ2n) is 6.25. The monoisotopic (exact) mass is 429 g/mol. The third-order valence-corrected chi connectivity index (χ3v) is 5.95. The lowest BCUT2D eigenvalue weighted by atomic mass is 10.2. The van der Waals surface area contributed by atoms with Gasteiger partial charge in [0, 0.05) is 36.2 Å². The highest BCUT2D eigenvalue weighted by atomic mass is 32.2. The summed E-state index contributed by atoms with van der Waals surface area (Å²) in [6.45, 7) is 5.16. The van der Waals surface area contributed by atoms with Crippen LogP contribution in [0.2, 0.25) is 0 Å². The number of aromatic nitrogens is 1. The van der Waals surface area contributed by atoms with Crippen LogP contribution in [0.15, 0.2) is 52.4 Å². The summed E-state index contributed by atoms with van der Waals surface area (Å²) in [5.41, 5.74) is 2.23. The highest BCUT2D eigenvalue weighted by Gasteiger charge is 2.11. The molecule has 8 heteroatoms. The molecule has 0 unspecified atom stereocenters. The number of anilines is 1. The Bertz CT molecular complexity index is 1100. The maximum Gasteiger partial charge on any atom is 0.279 e. The molecule has 0 radical (unpaired) electrons. The molecule has 0 fully saturated rings. The Kier molecular flexibility index (Phi) is 7.24. The number of thioether (sulfide) groups is 1. The molecule has 0 saturated carbocycles. The molecule has 0 saturated heterocycles. The molecule has 2 amide bonds. The summed E-state index contributed by atoms with van der Waals surface area (Å²) in [7, 11) is 0. The molecule has 0 atom stereocenters. The van der Waals surface area contributed by atoms with Crippen LogP contribution in [0.25, 0.3) is 10.2 Å². The first-order valence-corrected chi connectivity index (χ1v) is 11.3. The van der Waals surface area contributed by atoms with Gasteiger partial charge in [-0.25, -0.2) is 0 Å². The Morgan fingerprint density at radius 2 is 2.07 bits per heavy atom. The van der Waals surface area contributed by atoms with E-state index >= 15 is 0 Å². The highest BCUT2D eigenvalue weighted by Crippen LogP contribution is 2.22.